The molecule has 0 radical (unpaired) electrons. The largest absolute Gasteiger partial charge is 0.477 e. The third-order valence-corrected chi connectivity index (χ3v) is 4.06. The van der Waals surface area contributed by atoms with Crippen LogP contribution < -0.4 is 5.32 Å². The fourth-order valence-corrected chi connectivity index (χ4v) is 2.48. The van der Waals surface area contributed by atoms with Crippen molar-refractivity contribution in [1.82, 2.24) is 10.2 Å². The lowest BCUT2D eigenvalue weighted by Crippen LogP contribution is -2.47. The second-order valence-corrected chi connectivity index (χ2v) is 6.57. The molecule has 0 aromatic heterocycles. The topological polar surface area (TPSA) is 160 Å². The molecule has 1 amide bonds. The lowest BCUT2D eigenvalue weighted by Gasteiger charge is -2.29. The van der Waals surface area contributed by atoms with Crippen LogP contribution in [-0.4, -0.2) is 81.2 Å². The number of nitrogens with zero attached hydrogens (tertiary/aromatic N) is 1. The third kappa shape index (κ3) is 11.5. The number of hydrogen-bond acceptors (Lipinski definition) is 8. The molecule has 1 heterocycles. The maximum atomic E-state index is 11.5. The molecule has 176 valence electrons. The highest BCUT2D eigenvalue weighted by atomic mass is 16.6. The Labute approximate surface area is 186 Å². The molecule has 6 N–H and O–H groups in total. The van der Waals surface area contributed by atoms with Gasteiger partial charge in [0, 0.05) is 26.2 Å². The Hall–Kier alpha value is -2.86. The monoisotopic (exact) mass is 450 g/mol. The fourth-order valence-electron chi connectivity index (χ4n) is 2.48. The van der Waals surface area contributed by atoms with E-state index < -0.39 is 18.5 Å². The average molecular weight is 450 g/mol. The number of carbonyl (C=O) groups is 2. The van der Waals surface area contributed by atoms with E-state index in [1.54, 1.807) is 4.90 Å². The maximum Gasteiger partial charge on any atom is 0.360 e. The molecule has 1 saturated heterocycles. The molecule has 1 aliphatic heterocycles. The summed E-state index contributed by atoms with van der Waals surface area (Å²) in [6.07, 6.45) is -3.52. The number of hydrogen-bond donors (Lipinski definition) is 6. The van der Waals surface area contributed by atoms with Crippen LogP contribution in [0.3, 0.4) is 0 Å². The van der Waals surface area contributed by atoms with Gasteiger partial charge in [-0.1, -0.05) is 60.7 Å². The Bertz CT molecular complexity index is 774. The summed E-state index contributed by atoms with van der Waals surface area (Å²) in [4.78, 5) is 22.3. The van der Waals surface area contributed by atoms with Crippen LogP contribution in [0.5, 0.6) is 0 Å². The summed E-state index contributed by atoms with van der Waals surface area (Å²) in [6.45, 7) is 3.15. The number of carboxylic acids is 1. The number of aliphatic carboxylic acids is 1. The van der Waals surface area contributed by atoms with Crippen LogP contribution in [0.15, 0.2) is 60.7 Å². The van der Waals surface area contributed by atoms with E-state index in [1.165, 1.54) is 5.56 Å². The van der Waals surface area contributed by atoms with Crippen molar-refractivity contribution in [2.75, 3.05) is 26.3 Å². The molecule has 0 spiro atoms. The van der Waals surface area contributed by atoms with Gasteiger partial charge in [-0.2, -0.15) is 0 Å². The number of carbonyl (C=O) groups excluding carboxylic acids is 1. The van der Waals surface area contributed by atoms with Gasteiger partial charge in [-0.15, -0.1) is 0 Å². The molecule has 0 bridgehead atoms. The first-order chi connectivity index (χ1) is 15.3. The number of nitrogens with one attached hydrogen (secondary N) is 1. The van der Waals surface area contributed by atoms with E-state index in [0.29, 0.717) is 26.2 Å². The Morgan fingerprint density at radius 1 is 1.06 bits per heavy atom. The van der Waals surface area contributed by atoms with E-state index >= 15 is 0 Å². The molecule has 3 rings (SSSR count). The summed E-state index contributed by atoms with van der Waals surface area (Å²) in [5.41, 5.74) is 2.31. The number of morpholine rings is 1. The molecule has 2 aromatic carbocycles. The number of rotatable bonds is 7. The van der Waals surface area contributed by atoms with E-state index in [9.17, 15) is 14.7 Å². The maximum absolute atomic E-state index is 11.5. The van der Waals surface area contributed by atoms with Gasteiger partial charge in [0.2, 0.25) is 6.29 Å². The Morgan fingerprint density at radius 2 is 1.59 bits per heavy atom. The lowest BCUT2D eigenvalue weighted by atomic mass is 10.2. The van der Waals surface area contributed by atoms with Crippen LogP contribution in [-0.2, 0) is 27.4 Å². The van der Waals surface area contributed by atoms with E-state index in [-0.39, 0.29) is 12.5 Å². The standard InChI is InChI=1S/C11H13NO3.C9H13NO.C2H4O4/c13-10-11(14)15-7-6-12(10)8-9-4-2-1-3-5-9;11-7-6-10-8-9-4-2-1-3-5-9;3-1(4)2(5)6/h1-5,11,14H,6-8H2;1-5,10-11H,6-8H2;1,3-4H,(H,5,6). The van der Waals surface area contributed by atoms with Crippen molar-refractivity contribution in [2.24, 2.45) is 0 Å². The first kappa shape index (κ1) is 27.2. The zero-order chi connectivity index (χ0) is 23.8. The number of ether oxygens (including phenoxy) is 1. The van der Waals surface area contributed by atoms with Crippen LogP contribution in [0.4, 0.5) is 0 Å². The first-order valence-corrected chi connectivity index (χ1v) is 9.92. The summed E-state index contributed by atoms with van der Waals surface area (Å²) < 4.78 is 4.82. The molecule has 1 fully saturated rings. The minimum Gasteiger partial charge on any atom is -0.477 e. The molecule has 10 heteroatoms. The molecule has 10 nitrogen and oxygen atoms in total. The molecule has 1 atom stereocenters. The molecular formula is C22H30N2O8. The highest BCUT2D eigenvalue weighted by molar-refractivity contribution is 5.79. The summed E-state index contributed by atoms with van der Waals surface area (Å²) >= 11 is 0. The van der Waals surface area contributed by atoms with Crippen molar-refractivity contribution in [3.63, 3.8) is 0 Å². The molecular weight excluding hydrogens is 420 g/mol. The van der Waals surface area contributed by atoms with Crippen LogP contribution >= 0.6 is 0 Å². The average Bonchev–Trinajstić information content (AvgIpc) is 2.79. The van der Waals surface area contributed by atoms with Gasteiger partial charge in [0.05, 0.1) is 13.2 Å². The van der Waals surface area contributed by atoms with Gasteiger partial charge >= 0.3 is 5.97 Å². The zero-order valence-electron chi connectivity index (χ0n) is 17.6. The SMILES string of the molecule is O=C(O)C(O)O.O=C1C(O)OCCN1Cc1ccccc1.OCCNCc1ccccc1. The van der Waals surface area contributed by atoms with Gasteiger partial charge in [-0.05, 0) is 11.1 Å². The predicted molar refractivity (Wildman–Crippen MR) is 115 cm³/mol. The van der Waals surface area contributed by atoms with Crippen molar-refractivity contribution in [3.05, 3.63) is 71.8 Å². The number of amides is 1. The van der Waals surface area contributed by atoms with E-state index in [1.807, 2.05) is 48.5 Å². The lowest BCUT2D eigenvalue weighted by molar-refractivity contribution is -0.184. The van der Waals surface area contributed by atoms with Crippen LogP contribution in [0.25, 0.3) is 0 Å². The minimum atomic E-state index is -2.23. The number of aliphatic hydroxyl groups excluding tert-OH is 3. The number of aliphatic hydroxyl groups is 4. The Kier molecular flexibility index (Phi) is 13.5. The molecule has 1 aliphatic rings. The van der Waals surface area contributed by atoms with Gasteiger partial charge in [0.1, 0.15) is 0 Å². The van der Waals surface area contributed by atoms with E-state index in [0.717, 1.165) is 12.1 Å². The van der Waals surface area contributed by atoms with Crippen molar-refractivity contribution in [1.29, 1.82) is 0 Å². The molecule has 0 saturated carbocycles. The summed E-state index contributed by atoms with van der Waals surface area (Å²) in [5.74, 6) is -1.99. The zero-order valence-corrected chi connectivity index (χ0v) is 17.6. The van der Waals surface area contributed by atoms with Crippen LogP contribution in [0.1, 0.15) is 11.1 Å². The summed E-state index contributed by atoms with van der Waals surface area (Å²) in [6, 6.07) is 19.8. The van der Waals surface area contributed by atoms with Gasteiger partial charge in [-0.3, -0.25) is 4.79 Å². The molecule has 1 unspecified atom stereocenters. The highest BCUT2D eigenvalue weighted by Gasteiger charge is 2.27. The van der Waals surface area contributed by atoms with Gasteiger partial charge in [0.15, 0.2) is 0 Å². The molecule has 2 aromatic rings. The second kappa shape index (κ2) is 15.9. The smallest absolute Gasteiger partial charge is 0.360 e. The third-order valence-electron chi connectivity index (χ3n) is 4.06. The van der Waals surface area contributed by atoms with E-state index in [2.05, 4.69) is 17.4 Å². The fraction of sp³-hybridized carbons (Fsp3) is 0.364. The van der Waals surface area contributed by atoms with Crippen LogP contribution in [0.2, 0.25) is 0 Å². The summed E-state index contributed by atoms with van der Waals surface area (Å²) in [7, 11) is 0. The quantitative estimate of drug-likeness (QED) is 0.242. The van der Waals surface area contributed by atoms with Crippen molar-refractivity contribution < 1.29 is 39.9 Å². The first-order valence-electron chi connectivity index (χ1n) is 9.92. The summed E-state index contributed by atoms with van der Waals surface area (Å²) in [5, 5.41) is 43.5. The Morgan fingerprint density at radius 3 is 2.09 bits per heavy atom. The Balaban J connectivity index is 0.000000265. The van der Waals surface area contributed by atoms with E-state index in [4.69, 9.17) is 25.2 Å². The number of carboxylic acid groups (broad SMARTS) is 1. The predicted octanol–water partition coefficient (Wildman–Crippen LogP) is -0.486. The molecule has 32 heavy (non-hydrogen) atoms. The molecule has 0 aliphatic carbocycles. The van der Waals surface area contributed by atoms with Crippen molar-refractivity contribution in [2.45, 2.75) is 25.7 Å². The minimum absolute atomic E-state index is 0.201. The van der Waals surface area contributed by atoms with Gasteiger partial charge in [-0.25, -0.2) is 4.79 Å². The van der Waals surface area contributed by atoms with Crippen LogP contribution in [0, 0.1) is 0 Å². The van der Waals surface area contributed by atoms with Crippen molar-refractivity contribution >= 4 is 11.9 Å². The number of benzene rings is 2. The normalized spacial score (nSPS) is 15.3. The second-order valence-electron chi connectivity index (χ2n) is 6.57. The highest BCUT2D eigenvalue weighted by Crippen LogP contribution is 2.10. The van der Waals surface area contributed by atoms with Crippen molar-refractivity contribution in [3.8, 4) is 0 Å². The van der Waals surface area contributed by atoms with Gasteiger partial charge in [0.25, 0.3) is 12.2 Å². The van der Waals surface area contributed by atoms with Gasteiger partial charge < -0.3 is 40.5 Å².